The van der Waals surface area contributed by atoms with Crippen LogP contribution in [0, 0.1) is 10.8 Å². The van der Waals surface area contributed by atoms with Crippen molar-refractivity contribution in [2.75, 3.05) is 0 Å². The van der Waals surface area contributed by atoms with Gasteiger partial charge in [-0.25, -0.2) is 0 Å². The fraction of sp³-hybridized carbons (Fsp3) is 0. The van der Waals surface area contributed by atoms with Crippen LogP contribution in [0.15, 0.2) is 0 Å². The summed E-state index contributed by atoms with van der Waals surface area (Å²) >= 11 is 0. The molecule has 0 rings (SSSR count). The fourth-order valence-electron chi connectivity index (χ4n) is 0. The van der Waals surface area contributed by atoms with Gasteiger partial charge in [-0.1, -0.05) is 0 Å². The first kappa shape index (κ1) is 16.3. The van der Waals surface area contributed by atoms with E-state index in [9.17, 15) is 0 Å². The van der Waals surface area contributed by atoms with Crippen LogP contribution >= 0.6 is 12.4 Å². The monoisotopic (exact) mass is 124 g/mol. The van der Waals surface area contributed by atoms with Crippen LogP contribution in [0.4, 0.5) is 0 Å². The van der Waals surface area contributed by atoms with Crippen molar-refractivity contribution in [1.82, 2.24) is 0 Å². The van der Waals surface area contributed by atoms with E-state index in [1.165, 1.54) is 0 Å². The van der Waals surface area contributed by atoms with Gasteiger partial charge in [-0.05, 0) is 0 Å². The Morgan fingerprint density at radius 1 is 1.00 bits per heavy atom. The van der Waals surface area contributed by atoms with Gasteiger partial charge in [-0.15, -0.1) is 12.4 Å². The first-order chi connectivity index (χ1) is 2.83. The maximum absolute atomic E-state index is 5.86. The maximum atomic E-state index is 5.86. The topological polar surface area (TPSA) is 99.7 Å². The van der Waals surface area contributed by atoms with Crippen LogP contribution in [0.3, 0.4) is 0 Å². The van der Waals surface area contributed by atoms with E-state index in [1.54, 1.807) is 0 Å². The average molecular weight is 125 g/mol. The SMILES string of the molecule is Cl.N=CN.N=CN. The van der Waals surface area contributed by atoms with E-state index in [1.807, 2.05) is 0 Å². The van der Waals surface area contributed by atoms with Crippen molar-refractivity contribution >= 4 is 25.1 Å². The molecular weight excluding hydrogens is 116 g/mol. The molecule has 0 atom stereocenters. The van der Waals surface area contributed by atoms with Crippen LogP contribution < -0.4 is 11.5 Å². The number of hydrogen-bond acceptors (Lipinski definition) is 2. The highest BCUT2D eigenvalue weighted by molar-refractivity contribution is 5.85. The fourth-order valence-corrected chi connectivity index (χ4v) is 0. The van der Waals surface area contributed by atoms with E-state index in [-0.39, 0.29) is 12.4 Å². The first-order valence-electron chi connectivity index (χ1n) is 1.24. The van der Waals surface area contributed by atoms with Gasteiger partial charge in [0.25, 0.3) is 0 Å². The second-order valence-electron chi connectivity index (χ2n) is 0.333. The van der Waals surface area contributed by atoms with E-state index in [0.717, 1.165) is 12.7 Å². The Morgan fingerprint density at radius 2 is 1.00 bits per heavy atom. The molecule has 0 spiro atoms. The normalized spacial score (nSPS) is 3.43. The molecule has 6 N–H and O–H groups in total. The summed E-state index contributed by atoms with van der Waals surface area (Å²) in [5.74, 6) is 0. The van der Waals surface area contributed by atoms with Gasteiger partial charge in [0.2, 0.25) is 0 Å². The minimum Gasteiger partial charge on any atom is -0.390 e. The van der Waals surface area contributed by atoms with E-state index < -0.39 is 0 Å². The van der Waals surface area contributed by atoms with Gasteiger partial charge in [0.15, 0.2) is 0 Å². The number of hydrogen-bond donors (Lipinski definition) is 4. The summed E-state index contributed by atoms with van der Waals surface area (Å²) < 4.78 is 0. The molecule has 0 aliphatic heterocycles. The second-order valence-corrected chi connectivity index (χ2v) is 0.333. The highest BCUT2D eigenvalue weighted by Crippen LogP contribution is 0.882. The number of rotatable bonds is 0. The summed E-state index contributed by atoms with van der Waals surface area (Å²) in [6.45, 7) is 0. The Morgan fingerprint density at radius 3 is 1.00 bits per heavy atom. The average Bonchev–Trinajstić information content (AvgIpc) is 1.39. The molecule has 0 saturated carbocycles. The maximum Gasteiger partial charge on any atom is 0.0765 e. The van der Waals surface area contributed by atoms with Crippen molar-refractivity contribution in [2.45, 2.75) is 0 Å². The molecule has 0 aromatic rings. The van der Waals surface area contributed by atoms with Crippen molar-refractivity contribution in [3.8, 4) is 0 Å². The van der Waals surface area contributed by atoms with Crippen LogP contribution in [0.1, 0.15) is 0 Å². The Labute approximate surface area is 48.3 Å². The lowest BCUT2D eigenvalue weighted by atomic mass is 11.4. The summed E-state index contributed by atoms with van der Waals surface area (Å²) in [4.78, 5) is 0. The third-order valence-electron chi connectivity index (χ3n) is 0. The molecule has 0 radical (unpaired) electrons. The van der Waals surface area contributed by atoms with Crippen molar-refractivity contribution in [3.05, 3.63) is 0 Å². The zero-order valence-corrected chi connectivity index (χ0v) is 4.53. The Balaban J connectivity index is -0.0000000400. The van der Waals surface area contributed by atoms with Gasteiger partial charge in [0, 0.05) is 0 Å². The van der Waals surface area contributed by atoms with Crippen molar-refractivity contribution in [1.29, 1.82) is 10.8 Å². The van der Waals surface area contributed by atoms with Gasteiger partial charge < -0.3 is 11.5 Å². The summed E-state index contributed by atoms with van der Waals surface area (Å²) in [6.07, 6.45) is 1.50. The highest BCUT2D eigenvalue weighted by Gasteiger charge is 1.11. The van der Waals surface area contributed by atoms with Gasteiger partial charge >= 0.3 is 0 Å². The minimum atomic E-state index is 0. The van der Waals surface area contributed by atoms with Gasteiger partial charge in [-0.2, -0.15) is 0 Å². The Kier molecular flexibility index (Phi) is 144. The Bertz CT molecular complexity index is 30.7. The smallest absolute Gasteiger partial charge is 0.0765 e. The first-order valence-corrected chi connectivity index (χ1v) is 1.24. The predicted molar refractivity (Wildman–Crippen MR) is 33.2 cm³/mol. The molecular formula is C2H9ClN4. The molecule has 7 heavy (non-hydrogen) atoms. The number of nitrogens with two attached hydrogens (primary N) is 2. The third kappa shape index (κ3) is 92.0. The van der Waals surface area contributed by atoms with Crippen LogP contribution in [-0.2, 0) is 0 Å². The lowest BCUT2D eigenvalue weighted by Crippen LogP contribution is -1.81. The van der Waals surface area contributed by atoms with Crippen molar-refractivity contribution in [3.63, 3.8) is 0 Å². The van der Waals surface area contributed by atoms with Gasteiger partial charge in [0.05, 0.1) is 12.7 Å². The molecule has 0 aromatic heterocycles. The molecule has 0 saturated heterocycles. The molecule has 0 aliphatic rings. The lowest BCUT2D eigenvalue weighted by Gasteiger charge is -1.39. The zero-order chi connectivity index (χ0) is 5.41. The summed E-state index contributed by atoms with van der Waals surface area (Å²) in [5, 5.41) is 11.7. The molecule has 4 nitrogen and oxygen atoms in total. The molecule has 0 unspecified atom stereocenters. The standard InChI is InChI=1S/2CH4N2.ClH/c2*2-1-3;/h2*1H,(H3,2,3);1H. The second kappa shape index (κ2) is 61.9. The molecule has 44 valence electrons. The molecule has 0 fully saturated rings. The highest BCUT2D eigenvalue weighted by atomic mass is 35.5. The summed E-state index contributed by atoms with van der Waals surface area (Å²) in [7, 11) is 0. The molecule has 0 aromatic carbocycles. The van der Waals surface area contributed by atoms with Crippen LogP contribution in [-0.4, -0.2) is 12.7 Å². The van der Waals surface area contributed by atoms with E-state index in [2.05, 4.69) is 11.5 Å². The summed E-state index contributed by atoms with van der Waals surface area (Å²) in [6, 6.07) is 0. The zero-order valence-electron chi connectivity index (χ0n) is 3.72. The van der Waals surface area contributed by atoms with Crippen LogP contribution in [0.5, 0.6) is 0 Å². The number of halogens is 1. The van der Waals surface area contributed by atoms with E-state index in [0.29, 0.717) is 0 Å². The largest absolute Gasteiger partial charge is 0.390 e. The van der Waals surface area contributed by atoms with Crippen molar-refractivity contribution in [2.24, 2.45) is 11.5 Å². The lowest BCUT2D eigenvalue weighted by molar-refractivity contribution is 1.52. The molecule has 0 bridgehead atoms. The number of nitrogens with one attached hydrogen (secondary N) is 2. The third-order valence-corrected chi connectivity index (χ3v) is 0. The molecule has 5 heteroatoms. The Hall–Kier alpha value is -0.770. The molecule has 0 heterocycles. The molecule has 0 amide bonds. The van der Waals surface area contributed by atoms with Crippen molar-refractivity contribution < 1.29 is 0 Å². The van der Waals surface area contributed by atoms with Crippen LogP contribution in [0.25, 0.3) is 0 Å². The van der Waals surface area contributed by atoms with Crippen LogP contribution in [0.2, 0.25) is 0 Å². The van der Waals surface area contributed by atoms with E-state index >= 15 is 0 Å². The summed E-state index contributed by atoms with van der Waals surface area (Å²) in [5.41, 5.74) is 8.78. The quantitative estimate of drug-likeness (QED) is 0.259. The van der Waals surface area contributed by atoms with Gasteiger partial charge in [0.1, 0.15) is 0 Å². The van der Waals surface area contributed by atoms with E-state index in [4.69, 9.17) is 10.8 Å². The van der Waals surface area contributed by atoms with Gasteiger partial charge in [-0.3, -0.25) is 10.8 Å². The predicted octanol–water partition coefficient (Wildman–Crippen LogP) is -0.474. The molecule has 0 aliphatic carbocycles. The minimum absolute atomic E-state index is 0.